The van der Waals surface area contributed by atoms with Crippen LogP contribution in [-0.2, 0) is 21.6 Å². The number of fused-ring (bicyclic) bond motifs is 2. The van der Waals surface area contributed by atoms with Gasteiger partial charge >= 0.3 is 5.97 Å². The second kappa shape index (κ2) is 14.4. The Hall–Kier alpha value is -4.10. The molecule has 12 heteroatoms. The number of piperidine rings is 1. The first-order valence-electron chi connectivity index (χ1n) is 17.2. The smallest absolute Gasteiger partial charge is 0.352 e. The van der Waals surface area contributed by atoms with Gasteiger partial charge < -0.3 is 49.6 Å². The minimum absolute atomic E-state index is 0.109. The van der Waals surface area contributed by atoms with E-state index in [2.05, 4.69) is 9.88 Å². The maximum atomic E-state index is 13.4. The first-order valence-corrected chi connectivity index (χ1v) is 17.2. The number of hydrogen-bond acceptors (Lipinski definition) is 9. The van der Waals surface area contributed by atoms with E-state index < -0.39 is 22.9 Å². The number of H-pyrrole nitrogens is 1. The Morgan fingerprint density at radius 3 is 2.63 bits per heavy atom. The van der Waals surface area contributed by atoms with E-state index in [1.54, 1.807) is 24.5 Å². The number of carbonyl (C=O) groups is 2. The predicted molar refractivity (Wildman–Crippen MR) is 183 cm³/mol. The van der Waals surface area contributed by atoms with Gasteiger partial charge in [-0.05, 0) is 75.6 Å². The highest BCUT2D eigenvalue weighted by molar-refractivity contribution is 6.05. The highest BCUT2D eigenvalue weighted by atomic mass is 16.5. The average molecular weight is 678 g/mol. The van der Waals surface area contributed by atoms with Crippen molar-refractivity contribution in [3.05, 3.63) is 59.5 Å². The number of aromatic nitrogens is 1. The quantitative estimate of drug-likeness (QED) is 0.117. The summed E-state index contributed by atoms with van der Waals surface area (Å²) in [6, 6.07) is 10.8. The van der Waals surface area contributed by atoms with Gasteiger partial charge in [0, 0.05) is 54.2 Å². The van der Waals surface area contributed by atoms with Crippen LogP contribution >= 0.6 is 0 Å². The molecule has 6 N–H and O–H groups in total. The van der Waals surface area contributed by atoms with Gasteiger partial charge in [0.05, 0.1) is 35.5 Å². The lowest BCUT2D eigenvalue weighted by molar-refractivity contribution is -0.127. The van der Waals surface area contributed by atoms with E-state index in [9.17, 15) is 24.9 Å². The molecule has 2 aromatic heterocycles. The lowest BCUT2D eigenvalue weighted by Crippen LogP contribution is -2.50. The third-order valence-corrected chi connectivity index (χ3v) is 10.5. The van der Waals surface area contributed by atoms with Gasteiger partial charge in [0.15, 0.2) is 0 Å². The number of aromatic carboxylic acids is 1. The largest absolute Gasteiger partial charge is 0.491 e. The van der Waals surface area contributed by atoms with Crippen molar-refractivity contribution >= 4 is 33.7 Å². The number of nitrogens with zero attached hydrogens (tertiary/aromatic N) is 1. The molecule has 264 valence electrons. The number of nitrogens with two attached hydrogens (primary N) is 1. The lowest BCUT2D eigenvalue weighted by atomic mass is 9.63. The molecule has 4 aromatic rings. The van der Waals surface area contributed by atoms with Crippen LogP contribution in [0.3, 0.4) is 0 Å². The molecular formula is C37H47N3O9. The summed E-state index contributed by atoms with van der Waals surface area (Å²) in [6.45, 7) is 7.83. The van der Waals surface area contributed by atoms with Gasteiger partial charge in [-0.1, -0.05) is 13.0 Å². The molecule has 3 heterocycles. The number of ether oxygens (including phenoxy) is 3. The van der Waals surface area contributed by atoms with Gasteiger partial charge in [0.1, 0.15) is 36.0 Å². The second-order valence-electron chi connectivity index (χ2n) is 13.7. The van der Waals surface area contributed by atoms with Crippen molar-refractivity contribution in [3.8, 4) is 11.5 Å². The number of aromatic amines is 1. The van der Waals surface area contributed by atoms with Crippen molar-refractivity contribution in [1.82, 2.24) is 9.88 Å². The molecule has 0 radical (unpaired) electrons. The predicted octanol–water partition coefficient (Wildman–Crippen LogP) is 4.73. The maximum absolute atomic E-state index is 13.4. The van der Waals surface area contributed by atoms with Gasteiger partial charge in [-0.25, -0.2) is 4.79 Å². The minimum Gasteiger partial charge on any atom is -0.491 e. The topological polar surface area (TPSA) is 181 Å². The van der Waals surface area contributed by atoms with E-state index in [-0.39, 0.29) is 50.0 Å². The molecule has 0 unspecified atom stereocenters. The summed E-state index contributed by atoms with van der Waals surface area (Å²) < 4.78 is 23.3. The SMILES string of the molecule is CCOCCOc1ccc2c(COc3cccc4[nH]c(C(=O)O)c(C5(C(N)=O)CCC(O)(CCN6CC[C@H](O)[C@@H](C)C6)CC5)c34)coc2c1. The van der Waals surface area contributed by atoms with Crippen molar-refractivity contribution in [3.63, 3.8) is 0 Å². The molecule has 2 aliphatic rings. The molecule has 2 aromatic carbocycles. The molecule has 2 atom stereocenters. The van der Waals surface area contributed by atoms with Crippen molar-refractivity contribution in [2.75, 3.05) is 39.5 Å². The number of hydrogen-bond donors (Lipinski definition) is 5. The summed E-state index contributed by atoms with van der Waals surface area (Å²) in [5, 5.41) is 33.4. The molecule has 1 aliphatic carbocycles. The summed E-state index contributed by atoms with van der Waals surface area (Å²) in [5.74, 6) is -0.606. The van der Waals surface area contributed by atoms with E-state index >= 15 is 0 Å². The lowest BCUT2D eigenvalue weighted by Gasteiger charge is -2.44. The number of nitrogens with one attached hydrogen (secondary N) is 1. The highest BCUT2D eigenvalue weighted by Gasteiger charge is 2.50. The second-order valence-corrected chi connectivity index (χ2v) is 13.7. The van der Waals surface area contributed by atoms with Crippen LogP contribution in [0.15, 0.2) is 47.1 Å². The summed E-state index contributed by atoms with van der Waals surface area (Å²) in [4.78, 5) is 31.4. The standard InChI is InChI=1S/C37H47N3O9/c1-3-46-17-18-47-25-7-8-26-24(22-49-30(26)19-25)21-48-29-6-4-5-27-31(29)32(33(39-27)34(42)43)37(35(38)44)12-10-36(45,11-13-37)14-16-40-15-9-28(41)23(2)20-40/h4-8,19,22-23,28,39,41,45H,3,9-18,20-21H2,1-2H3,(H2,38,44)(H,42,43)/t23-,28-,36?,37?/m0/s1. The van der Waals surface area contributed by atoms with Crippen molar-refractivity contribution in [2.24, 2.45) is 11.7 Å². The molecule has 49 heavy (non-hydrogen) atoms. The van der Waals surface area contributed by atoms with Crippen molar-refractivity contribution in [2.45, 2.75) is 76.1 Å². The molecule has 1 aliphatic heterocycles. The molecule has 0 bridgehead atoms. The van der Waals surface area contributed by atoms with E-state index in [0.29, 0.717) is 72.8 Å². The van der Waals surface area contributed by atoms with Crippen LogP contribution in [0.1, 0.15) is 74.0 Å². The minimum atomic E-state index is -1.33. The molecule has 1 saturated carbocycles. The van der Waals surface area contributed by atoms with E-state index in [4.69, 9.17) is 24.4 Å². The number of primary amides is 1. The number of furan rings is 1. The number of amides is 1. The monoisotopic (exact) mass is 677 g/mol. The molecular weight excluding hydrogens is 630 g/mol. The Morgan fingerprint density at radius 2 is 1.92 bits per heavy atom. The van der Waals surface area contributed by atoms with Crippen LogP contribution in [-0.4, -0.2) is 88.2 Å². The van der Waals surface area contributed by atoms with Gasteiger partial charge in [-0.3, -0.25) is 4.79 Å². The van der Waals surface area contributed by atoms with Crippen LogP contribution in [0.5, 0.6) is 11.5 Å². The van der Waals surface area contributed by atoms with Crippen molar-refractivity contribution in [1.29, 1.82) is 0 Å². The summed E-state index contributed by atoms with van der Waals surface area (Å²) in [5.41, 5.74) is 5.92. The number of carboxylic acids is 1. The molecule has 1 saturated heterocycles. The van der Waals surface area contributed by atoms with Crippen LogP contribution < -0.4 is 15.2 Å². The van der Waals surface area contributed by atoms with Crippen LogP contribution in [0, 0.1) is 5.92 Å². The summed E-state index contributed by atoms with van der Waals surface area (Å²) in [6.07, 6.45) is 3.49. The Balaban J connectivity index is 1.24. The first-order chi connectivity index (χ1) is 23.5. The molecule has 2 fully saturated rings. The fourth-order valence-electron chi connectivity index (χ4n) is 7.56. The van der Waals surface area contributed by atoms with Gasteiger partial charge in [0.2, 0.25) is 5.91 Å². The molecule has 12 nitrogen and oxygen atoms in total. The Labute approximate surface area is 285 Å². The normalized spacial score (nSPS) is 24.7. The third kappa shape index (κ3) is 7.14. The maximum Gasteiger partial charge on any atom is 0.352 e. The van der Waals surface area contributed by atoms with E-state index in [1.165, 1.54) is 0 Å². The zero-order chi connectivity index (χ0) is 34.8. The number of carbonyl (C=O) groups excluding carboxylic acids is 1. The molecule has 6 rings (SSSR count). The zero-order valence-electron chi connectivity index (χ0n) is 28.2. The van der Waals surface area contributed by atoms with Gasteiger partial charge in [-0.2, -0.15) is 0 Å². The van der Waals surface area contributed by atoms with Crippen LogP contribution in [0.2, 0.25) is 0 Å². The highest BCUT2D eigenvalue weighted by Crippen LogP contribution is 2.49. The Kier molecular flexibility index (Phi) is 10.2. The van der Waals surface area contributed by atoms with Crippen LogP contribution in [0.25, 0.3) is 21.9 Å². The number of aliphatic hydroxyl groups is 2. The zero-order valence-corrected chi connectivity index (χ0v) is 28.2. The molecule has 0 spiro atoms. The van der Waals surface area contributed by atoms with Crippen LogP contribution in [0.4, 0.5) is 0 Å². The summed E-state index contributed by atoms with van der Waals surface area (Å²) >= 11 is 0. The number of rotatable bonds is 14. The van der Waals surface area contributed by atoms with Gasteiger partial charge in [-0.15, -0.1) is 0 Å². The average Bonchev–Trinajstić information content (AvgIpc) is 3.69. The van der Waals surface area contributed by atoms with Gasteiger partial charge in [0.25, 0.3) is 0 Å². The fraction of sp³-hybridized carbons (Fsp3) is 0.514. The number of benzene rings is 2. The summed E-state index contributed by atoms with van der Waals surface area (Å²) in [7, 11) is 0. The Bertz CT molecular complexity index is 1790. The van der Waals surface area contributed by atoms with E-state index in [1.807, 2.05) is 32.0 Å². The Morgan fingerprint density at radius 1 is 1.12 bits per heavy atom. The van der Waals surface area contributed by atoms with Crippen molar-refractivity contribution < 1.29 is 43.5 Å². The number of likely N-dealkylation sites (tertiary alicyclic amines) is 1. The number of carboxylic acid groups (broad SMARTS) is 1. The van der Waals surface area contributed by atoms with E-state index in [0.717, 1.165) is 24.0 Å². The third-order valence-electron chi connectivity index (χ3n) is 10.5. The molecule has 1 amide bonds. The fourth-order valence-corrected chi connectivity index (χ4v) is 7.56. The first kappa shape index (κ1) is 34.8. The number of aliphatic hydroxyl groups excluding tert-OH is 1.